The summed E-state index contributed by atoms with van der Waals surface area (Å²) in [5.41, 5.74) is 0.778. The number of halogens is 2. The summed E-state index contributed by atoms with van der Waals surface area (Å²) in [6.07, 6.45) is 0.388. The van der Waals surface area contributed by atoms with Crippen molar-refractivity contribution >= 4 is 29.2 Å². The maximum Gasteiger partial charge on any atom is 0.303 e. The third-order valence-electron chi connectivity index (χ3n) is 3.42. The van der Waals surface area contributed by atoms with Crippen LogP contribution in [0.5, 0.6) is 17.2 Å². The van der Waals surface area contributed by atoms with Crippen molar-refractivity contribution in [1.29, 1.82) is 0 Å². The molecular formula is C19H20Cl2O5. The van der Waals surface area contributed by atoms with E-state index in [-0.39, 0.29) is 19.6 Å². The Labute approximate surface area is 162 Å². The van der Waals surface area contributed by atoms with Gasteiger partial charge < -0.3 is 19.3 Å². The van der Waals surface area contributed by atoms with E-state index in [0.29, 0.717) is 40.3 Å². The fourth-order valence-corrected chi connectivity index (χ4v) is 2.76. The molecule has 0 heterocycles. The zero-order valence-corrected chi connectivity index (χ0v) is 15.8. The van der Waals surface area contributed by atoms with Crippen molar-refractivity contribution in [3.05, 3.63) is 52.0 Å². The normalized spacial score (nSPS) is 10.4. The molecule has 0 fully saturated rings. The monoisotopic (exact) mass is 398 g/mol. The zero-order valence-electron chi connectivity index (χ0n) is 14.3. The number of rotatable bonds is 10. The molecule has 0 aliphatic rings. The highest BCUT2D eigenvalue weighted by Gasteiger charge is 2.13. The number of para-hydroxylation sites is 1. The Hall–Kier alpha value is -2.11. The summed E-state index contributed by atoms with van der Waals surface area (Å²) in [5.74, 6) is 0.613. The second-order valence-corrected chi connectivity index (χ2v) is 6.17. The van der Waals surface area contributed by atoms with Gasteiger partial charge in [-0.1, -0.05) is 35.3 Å². The molecule has 0 saturated carbocycles. The Bertz CT molecular complexity index is 749. The lowest BCUT2D eigenvalue weighted by molar-refractivity contribution is -0.136. The maximum absolute atomic E-state index is 10.7. The molecular weight excluding hydrogens is 379 g/mol. The molecule has 0 atom stereocenters. The SMILES string of the molecule is CCOc1cc(CCC(=O)O)cc(Cl)c1OCCOc1ccccc1Cl. The van der Waals surface area contributed by atoms with E-state index >= 15 is 0 Å². The quantitative estimate of drug-likeness (QED) is 0.578. The molecule has 5 nitrogen and oxygen atoms in total. The third-order valence-corrected chi connectivity index (χ3v) is 4.01. The van der Waals surface area contributed by atoms with E-state index < -0.39 is 5.97 Å². The van der Waals surface area contributed by atoms with Gasteiger partial charge in [-0.2, -0.15) is 0 Å². The summed E-state index contributed by atoms with van der Waals surface area (Å²) in [6, 6.07) is 10.6. The number of benzene rings is 2. The van der Waals surface area contributed by atoms with E-state index in [4.69, 9.17) is 42.5 Å². The van der Waals surface area contributed by atoms with Crippen LogP contribution in [-0.4, -0.2) is 30.9 Å². The van der Waals surface area contributed by atoms with E-state index in [2.05, 4.69) is 0 Å². The zero-order chi connectivity index (χ0) is 18.9. The van der Waals surface area contributed by atoms with Crippen LogP contribution in [0, 0.1) is 0 Å². The van der Waals surface area contributed by atoms with Crippen LogP contribution >= 0.6 is 23.2 Å². The molecule has 2 aromatic carbocycles. The van der Waals surface area contributed by atoms with Gasteiger partial charge in [0.15, 0.2) is 11.5 Å². The summed E-state index contributed by atoms with van der Waals surface area (Å²) >= 11 is 12.3. The molecule has 140 valence electrons. The molecule has 0 bridgehead atoms. The summed E-state index contributed by atoms with van der Waals surface area (Å²) in [7, 11) is 0. The van der Waals surface area contributed by atoms with Crippen molar-refractivity contribution in [2.24, 2.45) is 0 Å². The number of aliphatic carboxylic acids is 1. The first-order valence-corrected chi connectivity index (χ1v) is 8.94. The lowest BCUT2D eigenvalue weighted by Crippen LogP contribution is -2.10. The van der Waals surface area contributed by atoms with Crippen LogP contribution in [0.2, 0.25) is 10.0 Å². The Morgan fingerprint density at radius 2 is 1.73 bits per heavy atom. The van der Waals surface area contributed by atoms with Gasteiger partial charge in [-0.25, -0.2) is 0 Å². The molecule has 0 aliphatic heterocycles. The molecule has 2 rings (SSSR count). The summed E-state index contributed by atoms with van der Waals surface area (Å²) < 4.78 is 16.9. The minimum Gasteiger partial charge on any atom is -0.490 e. The number of aryl methyl sites for hydroxylation is 1. The summed E-state index contributed by atoms with van der Waals surface area (Å²) in [4.78, 5) is 10.7. The van der Waals surface area contributed by atoms with Gasteiger partial charge in [0.2, 0.25) is 0 Å². The summed E-state index contributed by atoms with van der Waals surface area (Å²) in [6.45, 7) is 2.82. The van der Waals surface area contributed by atoms with Crippen LogP contribution in [-0.2, 0) is 11.2 Å². The minimum absolute atomic E-state index is 0.0216. The second-order valence-electron chi connectivity index (χ2n) is 5.36. The lowest BCUT2D eigenvalue weighted by Gasteiger charge is -2.15. The first-order chi connectivity index (χ1) is 12.5. The highest BCUT2D eigenvalue weighted by atomic mass is 35.5. The largest absolute Gasteiger partial charge is 0.490 e. The van der Waals surface area contributed by atoms with Gasteiger partial charge in [-0.15, -0.1) is 0 Å². The average Bonchev–Trinajstić information content (AvgIpc) is 2.60. The molecule has 0 amide bonds. The standard InChI is InChI=1S/C19H20Cl2O5/c1-2-24-17-12-13(7-8-18(22)23)11-15(21)19(17)26-10-9-25-16-6-4-3-5-14(16)20/h3-6,11-12H,2,7-10H2,1H3,(H,22,23). The van der Waals surface area contributed by atoms with Crippen LogP contribution in [0.1, 0.15) is 18.9 Å². The van der Waals surface area contributed by atoms with Gasteiger partial charge >= 0.3 is 5.97 Å². The predicted octanol–water partition coefficient (Wildman–Crippen LogP) is 4.87. The van der Waals surface area contributed by atoms with Crippen molar-refractivity contribution in [3.63, 3.8) is 0 Å². The van der Waals surface area contributed by atoms with Gasteiger partial charge in [0.1, 0.15) is 19.0 Å². The van der Waals surface area contributed by atoms with Crippen molar-refractivity contribution in [2.75, 3.05) is 19.8 Å². The van der Waals surface area contributed by atoms with Crippen LogP contribution in [0.3, 0.4) is 0 Å². The van der Waals surface area contributed by atoms with Crippen molar-refractivity contribution in [3.8, 4) is 17.2 Å². The molecule has 0 spiro atoms. The van der Waals surface area contributed by atoms with Gasteiger partial charge in [-0.3, -0.25) is 4.79 Å². The molecule has 2 aromatic rings. The highest BCUT2D eigenvalue weighted by molar-refractivity contribution is 6.32. The number of hydrogen-bond acceptors (Lipinski definition) is 4. The van der Waals surface area contributed by atoms with Crippen LogP contribution < -0.4 is 14.2 Å². The van der Waals surface area contributed by atoms with E-state index in [9.17, 15) is 4.79 Å². The van der Waals surface area contributed by atoms with Crippen LogP contribution in [0.4, 0.5) is 0 Å². The first-order valence-electron chi connectivity index (χ1n) is 8.18. The highest BCUT2D eigenvalue weighted by Crippen LogP contribution is 2.37. The molecule has 26 heavy (non-hydrogen) atoms. The van der Waals surface area contributed by atoms with Gasteiger partial charge in [-0.05, 0) is 43.2 Å². The Morgan fingerprint density at radius 1 is 1.00 bits per heavy atom. The Morgan fingerprint density at radius 3 is 2.42 bits per heavy atom. The van der Waals surface area contributed by atoms with Crippen molar-refractivity contribution in [2.45, 2.75) is 19.8 Å². The topological polar surface area (TPSA) is 65.0 Å². The number of carboxylic acid groups (broad SMARTS) is 1. The molecule has 0 aromatic heterocycles. The fraction of sp³-hybridized carbons (Fsp3) is 0.316. The van der Waals surface area contributed by atoms with E-state index in [1.54, 1.807) is 24.3 Å². The fourth-order valence-electron chi connectivity index (χ4n) is 2.28. The van der Waals surface area contributed by atoms with Crippen molar-refractivity contribution < 1.29 is 24.1 Å². The van der Waals surface area contributed by atoms with Crippen molar-refractivity contribution in [1.82, 2.24) is 0 Å². The predicted molar refractivity (Wildman–Crippen MR) is 101 cm³/mol. The number of hydrogen-bond donors (Lipinski definition) is 1. The summed E-state index contributed by atoms with van der Waals surface area (Å²) in [5, 5.41) is 9.72. The minimum atomic E-state index is -0.865. The molecule has 1 N–H and O–H groups in total. The van der Waals surface area contributed by atoms with E-state index in [1.807, 2.05) is 19.1 Å². The van der Waals surface area contributed by atoms with E-state index in [0.717, 1.165) is 5.56 Å². The van der Waals surface area contributed by atoms with E-state index in [1.165, 1.54) is 0 Å². The van der Waals surface area contributed by atoms with Gasteiger partial charge in [0, 0.05) is 6.42 Å². The molecule has 0 radical (unpaired) electrons. The molecule has 0 aliphatic carbocycles. The molecule has 0 saturated heterocycles. The first kappa shape index (κ1) is 20.2. The maximum atomic E-state index is 10.7. The molecule has 7 heteroatoms. The molecule has 0 unspecified atom stereocenters. The lowest BCUT2D eigenvalue weighted by atomic mass is 10.1. The Kier molecular flexibility index (Phi) is 7.88. The third kappa shape index (κ3) is 6.00. The Balaban J connectivity index is 2.00. The number of ether oxygens (including phenoxy) is 3. The van der Waals surface area contributed by atoms with Crippen LogP contribution in [0.25, 0.3) is 0 Å². The van der Waals surface area contributed by atoms with Gasteiger partial charge in [0.05, 0.1) is 16.7 Å². The van der Waals surface area contributed by atoms with Crippen LogP contribution in [0.15, 0.2) is 36.4 Å². The van der Waals surface area contributed by atoms with Gasteiger partial charge in [0.25, 0.3) is 0 Å². The number of carbonyl (C=O) groups is 1. The average molecular weight is 399 g/mol. The number of carboxylic acids is 1. The smallest absolute Gasteiger partial charge is 0.303 e. The second kappa shape index (κ2) is 10.1.